The first-order valence-electron chi connectivity index (χ1n) is 8.61. The van der Waals surface area contributed by atoms with Crippen LogP contribution < -0.4 is 0 Å². The van der Waals surface area contributed by atoms with Crippen LogP contribution in [-0.2, 0) is 11.2 Å². The lowest BCUT2D eigenvalue weighted by Crippen LogP contribution is -2.30. The van der Waals surface area contributed by atoms with Crippen LogP contribution in [0.3, 0.4) is 0 Å². The molecule has 3 heterocycles. The van der Waals surface area contributed by atoms with Crippen LogP contribution in [0.25, 0.3) is 11.4 Å². The fourth-order valence-electron chi connectivity index (χ4n) is 3.32. The highest BCUT2D eigenvalue weighted by Crippen LogP contribution is 2.33. The Kier molecular flexibility index (Phi) is 5.17. The number of halogens is 1. The summed E-state index contributed by atoms with van der Waals surface area (Å²) >= 11 is 5.05. The summed E-state index contributed by atoms with van der Waals surface area (Å²) in [5.74, 6) is 1.24. The first-order valence-corrected chi connectivity index (χ1v) is 10.3. The molecule has 0 radical (unpaired) electrons. The van der Waals surface area contributed by atoms with Gasteiger partial charge in [0.05, 0.1) is 6.04 Å². The molecule has 0 aliphatic carbocycles. The lowest BCUT2D eigenvalue weighted by Gasteiger charge is -2.25. The second-order valence-corrected chi connectivity index (χ2v) is 8.02. The van der Waals surface area contributed by atoms with E-state index in [-0.39, 0.29) is 11.9 Å². The zero-order valence-electron chi connectivity index (χ0n) is 14.1. The second-order valence-electron chi connectivity index (χ2n) is 6.32. The molecule has 1 atom stereocenters. The lowest BCUT2D eigenvalue weighted by atomic mass is 10.0. The average Bonchev–Trinajstić information content (AvgIpc) is 3.40. The van der Waals surface area contributed by atoms with Gasteiger partial charge in [-0.1, -0.05) is 33.2 Å². The van der Waals surface area contributed by atoms with E-state index in [0.29, 0.717) is 24.6 Å². The number of aryl methyl sites for hydroxylation is 1. The fourth-order valence-corrected chi connectivity index (χ4v) is 4.22. The van der Waals surface area contributed by atoms with Gasteiger partial charge in [-0.2, -0.15) is 16.3 Å². The summed E-state index contributed by atoms with van der Waals surface area (Å²) in [6, 6.07) is 10.4. The smallest absolute Gasteiger partial charge is 0.227 e. The third kappa shape index (κ3) is 3.73. The number of amides is 1. The molecule has 1 amide bonds. The van der Waals surface area contributed by atoms with E-state index in [1.54, 1.807) is 11.3 Å². The zero-order valence-corrected chi connectivity index (χ0v) is 16.5. The van der Waals surface area contributed by atoms with Crippen LogP contribution >= 0.6 is 27.3 Å². The molecule has 26 heavy (non-hydrogen) atoms. The van der Waals surface area contributed by atoms with Crippen LogP contribution in [-0.4, -0.2) is 27.5 Å². The molecular weight excluding hydrogens is 414 g/mol. The Hall–Kier alpha value is -1.99. The molecule has 1 aromatic carbocycles. The molecule has 0 spiro atoms. The topological polar surface area (TPSA) is 59.2 Å². The number of likely N-dealkylation sites (tertiary alicyclic amines) is 1. The van der Waals surface area contributed by atoms with E-state index in [2.05, 4.69) is 38.2 Å². The molecule has 134 valence electrons. The molecule has 1 unspecified atom stereocenters. The quantitative estimate of drug-likeness (QED) is 0.578. The molecule has 1 aliphatic heterocycles. The number of rotatable bonds is 5. The van der Waals surface area contributed by atoms with Crippen molar-refractivity contribution >= 4 is 33.2 Å². The first-order chi connectivity index (χ1) is 12.7. The Morgan fingerprint density at radius 2 is 2.15 bits per heavy atom. The highest BCUT2D eigenvalue weighted by molar-refractivity contribution is 9.10. The molecule has 7 heteroatoms. The van der Waals surface area contributed by atoms with E-state index in [1.807, 2.05) is 33.9 Å². The number of carbonyl (C=O) groups is 1. The lowest BCUT2D eigenvalue weighted by molar-refractivity contribution is -0.132. The van der Waals surface area contributed by atoms with E-state index >= 15 is 0 Å². The Morgan fingerprint density at radius 3 is 2.92 bits per heavy atom. The Balaban J connectivity index is 1.39. The Labute approximate surface area is 164 Å². The van der Waals surface area contributed by atoms with Gasteiger partial charge in [0.1, 0.15) is 0 Å². The van der Waals surface area contributed by atoms with Gasteiger partial charge in [0.2, 0.25) is 17.6 Å². The van der Waals surface area contributed by atoms with E-state index in [9.17, 15) is 4.79 Å². The van der Waals surface area contributed by atoms with Crippen LogP contribution in [0, 0.1) is 0 Å². The minimum Gasteiger partial charge on any atom is -0.339 e. The molecule has 2 aromatic heterocycles. The molecule has 0 saturated carbocycles. The van der Waals surface area contributed by atoms with E-state index in [1.165, 1.54) is 5.56 Å². The van der Waals surface area contributed by atoms with Crippen molar-refractivity contribution in [1.29, 1.82) is 0 Å². The van der Waals surface area contributed by atoms with Crippen molar-refractivity contribution < 1.29 is 9.32 Å². The number of benzene rings is 1. The van der Waals surface area contributed by atoms with Crippen LogP contribution in [0.1, 0.15) is 36.8 Å². The van der Waals surface area contributed by atoms with Gasteiger partial charge in [0, 0.05) is 34.8 Å². The molecule has 0 bridgehead atoms. The van der Waals surface area contributed by atoms with Crippen molar-refractivity contribution in [1.82, 2.24) is 15.0 Å². The van der Waals surface area contributed by atoms with Crippen molar-refractivity contribution in [3.8, 4) is 11.4 Å². The van der Waals surface area contributed by atoms with Crippen molar-refractivity contribution in [2.24, 2.45) is 0 Å². The molecule has 4 rings (SSSR count). The summed E-state index contributed by atoms with van der Waals surface area (Å²) in [7, 11) is 0. The maximum atomic E-state index is 12.7. The number of thiophene rings is 1. The van der Waals surface area contributed by atoms with E-state index in [0.717, 1.165) is 29.4 Å². The van der Waals surface area contributed by atoms with Gasteiger partial charge < -0.3 is 9.42 Å². The van der Waals surface area contributed by atoms with Crippen LogP contribution in [0.5, 0.6) is 0 Å². The van der Waals surface area contributed by atoms with Gasteiger partial charge >= 0.3 is 0 Å². The maximum Gasteiger partial charge on any atom is 0.227 e. The molecular formula is C19H18BrN3O2S. The average molecular weight is 432 g/mol. The van der Waals surface area contributed by atoms with Gasteiger partial charge in [0.25, 0.3) is 0 Å². The van der Waals surface area contributed by atoms with Crippen molar-refractivity contribution in [2.75, 3.05) is 6.54 Å². The SMILES string of the molecule is O=C(CCc1nc(-c2ccsc2)no1)N1CCCC1c1ccc(Br)cc1. The first kappa shape index (κ1) is 17.4. The molecule has 1 saturated heterocycles. The zero-order chi connectivity index (χ0) is 17.9. The Morgan fingerprint density at radius 1 is 1.31 bits per heavy atom. The predicted octanol–water partition coefficient (Wildman–Crippen LogP) is 4.86. The third-order valence-electron chi connectivity index (χ3n) is 4.63. The van der Waals surface area contributed by atoms with Gasteiger partial charge in [-0.25, -0.2) is 0 Å². The van der Waals surface area contributed by atoms with E-state index < -0.39 is 0 Å². The predicted molar refractivity (Wildman–Crippen MR) is 104 cm³/mol. The van der Waals surface area contributed by atoms with Gasteiger partial charge in [-0.05, 0) is 42.0 Å². The van der Waals surface area contributed by atoms with Crippen LogP contribution in [0.4, 0.5) is 0 Å². The molecule has 3 aromatic rings. The number of hydrogen-bond donors (Lipinski definition) is 0. The summed E-state index contributed by atoms with van der Waals surface area (Å²) in [6.45, 7) is 0.809. The van der Waals surface area contributed by atoms with Gasteiger partial charge in [-0.15, -0.1) is 0 Å². The van der Waals surface area contributed by atoms with Crippen LogP contribution in [0.15, 0.2) is 50.1 Å². The summed E-state index contributed by atoms with van der Waals surface area (Å²) in [5, 5.41) is 7.95. The molecule has 0 N–H and O–H groups in total. The maximum absolute atomic E-state index is 12.7. The molecule has 1 fully saturated rings. The largest absolute Gasteiger partial charge is 0.339 e. The number of aromatic nitrogens is 2. The van der Waals surface area contributed by atoms with Crippen molar-refractivity contribution in [3.05, 3.63) is 57.0 Å². The van der Waals surface area contributed by atoms with E-state index in [4.69, 9.17) is 4.52 Å². The highest BCUT2D eigenvalue weighted by Gasteiger charge is 2.29. The van der Waals surface area contributed by atoms with Crippen molar-refractivity contribution in [2.45, 2.75) is 31.7 Å². The standard InChI is InChI=1S/C19H18BrN3O2S/c20-15-5-3-13(4-6-15)16-2-1-10-23(16)18(24)8-7-17-21-19(22-25-17)14-9-11-26-12-14/h3-6,9,11-12,16H,1-2,7-8,10H2. The summed E-state index contributed by atoms with van der Waals surface area (Å²) in [6.07, 6.45) is 2.91. The second kappa shape index (κ2) is 7.72. The Bertz CT molecular complexity index is 877. The minimum atomic E-state index is 0.144. The fraction of sp³-hybridized carbons (Fsp3) is 0.316. The minimum absolute atomic E-state index is 0.144. The highest BCUT2D eigenvalue weighted by atomic mass is 79.9. The van der Waals surface area contributed by atoms with Crippen LogP contribution in [0.2, 0.25) is 0 Å². The summed E-state index contributed by atoms with van der Waals surface area (Å²) in [5.41, 5.74) is 2.14. The number of carbonyl (C=O) groups excluding carboxylic acids is 1. The number of nitrogens with zero attached hydrogens (tertiary/aromatic N) is 3. The normalized spacial score (nSPS) is 17.0. The third-order valence-corrected chi connectivity index (χ3v) is 5.84. The van der Waals surface area contributed by atoms with Gasteiger partial charge in [0.15, 0.2) is 0 Å². The molecule has 1 aliphatic rings. The van der Waals surface area contributed by atoms with Crippen molar-refractivity contribution in [3.63, 3.8) is 0 Å². The molecule has 5 nitrogen and oxygen atoms in total. The monoisotopic (exact) mass is 431 g/mol. The summed E-state index contributed by atoms with van der Waals surface area (Å²) in [4.78, 5) is 19.1. The summed E-state index contributed by atoms with van der Waals surface area (Å²) < 4.78 is 6.34. The van der Waals surface area contributed by atoms with Gasteiger partial charge in [-0.3, -0.25) is 4.79 Å². The number of hydrogen-bond acceptors (Lipinski definition) is 5.